The van der Waals surface area contributed by atoms with Gasteiger partial charge in [-0.1, -0.05) is 13.3 Å². The number of carbonyl (C=O) groups excluding carboxylic acids is 1. The fourth-order valence-corrected chi connectivity index (χ4v) is 3.40. The van der Waals surface area contributed by atoms with Crippen LogP contribution in [-0.2, 0) is 0 Å². The van der Waals surface area contributed by atoms with Gasteiger partial charge < -0.3 is 24.6 Å². The van der Waals surface area contributed by atoms with E-state index in [-0.39, 0.29) is 19.1 Å². The molecule has 1 saturated heterocycles. The molecule has 0 bridgehead atoms. The number of aliphatic hydroxyl groups is 2. The summed E-state index contributed by atoms with van der Waals surface area (Å²) in [5, 5.41) is 20.2. The molecule has 0 aliphatic carbocycles. The average molecular weight is 337 g/mol. The van der Waals surface area contributed by atoms with Gasteiger partial charge in [-0.2, -0.15) is 0 Å². The number of ether oxygens (including phenoxy) is 2. The van der Waals surface area contributed by atoms with Crippen molar-refractivity contribution >= 4 is 5.91 Å². The maximum Gasteiger partial charge on any atom is 0.257 e. The fraction of sp³-hybridized carbons (Fsp3) is 0.611. The Bertz CT molecular complexity index is 577. The lowest BCUT2D eigenvalue weighted by Gasteiger charge is -2.44. The molecular weight excluding hydrogens is 310 g/mol. The van der Waals surface area contributed by atoms with Crippen LogP contribution in [0.2, 0.25) is 0 Å². The van der Waals surface area contributed by atoms with Crippen LogP contribution < -0.4 is 9.47 Å². The number of aliphatic hydroxyl groups excluding tert-OH is 2. The van der Waals surface area contributed by atoms with Crippen molar-refractivity contribution in [2.45, 2.75) is 32.3 Å². The van der Waals surface area contributed by atoms with E-state index in [2.05, 4.69) is 0 Å². The lowest BCUT2D eigenvalue weighted by molar-refractivity contribution is -0.0713. The van der Waals surface area contributed by atoms with E-state index in [1.807, 2.05) is 6.92 Å². The molecule has 1 heterocycles. The molecule has 1 amide bonds. The fourth-order valence-electron chi connectivity index (χ4n) is 3.40. The maximum absolute atomic E-state index is 12.8. The molecule has 1 fully saturated rings. The first kappa shape index (κ1) is 18.5. The summed E-state index contributed by atoms with van der Waals surface area (Å²) < 4.78 is 10.4. The zero-order valence-electron chi connectivity index (χ0n) is 14.6. The second-order valence-electron chi connectivity index (χ2n) is 6.35. The highest BCUT2D eigenvalue weighted by molar-refractivity contribution is 5.97. The highest BCUT2D eigenvalue weighted by atomic mass is 16.5. The smallest absolute Gasteiger partial charge is 0.257 e. The van der Waals surface area contributed by atoms with Gasteiger partial charge in [0.1, 0.15) is 11.5 Å². The van der Waals surface area contributed by atoms with E-state index >= 15 is 0 Å². The SMILES string of the molecule is CCC[C@]1(CO)CCN(C(=O)c2ccc(OC)cc2OC)C[C@@H]1O. The molecule has 6 nitrogen and oxygen atoms in total. The molecule has 1 aromatic carbocycles. The Morgan fingerprint density at radius 1 is 1.38 bits per heavy atom. The maximum atomic E-state index is 12.8. The van der Waals surface area contributed by atoms with Crippen LogP contribution in [0.25, 0.3) is 0 Å². The zero-order valence-corrected chi connectivity index (χ0v) is 14.6. The number of rotatable bonds is 6. The summed E-state index contributed by atoms with van der Waals surface area (Å²) in [6.45, 7) is 2.69. The summed E-state index contributed by atoms with van der Waals surface area (Å²) in [5.41, 5.74) is -0.0623. The van der Waals surface area contributed by atoms with E-state index in [1.165, 1.54) is 7.11 Å². The minimum Gasteiger partial charge on any atom is -0.497 e. The molecule has 2 rings (SSSR count). The largest absolute Gasteiger partial charge is 0.497 e. The minimum atomic E-state index is -0.732. The monoisotopic (exact) mass is 337 g/mol. The molecule has 1 aliphatic rings. The summed E-state index contributed by atoms with van der Waals surface area (Å²) in [6, 6.07) is 5.06. The summed E-state index contributed by atoms with van der Waals surface area (Å²) in [6.07, 6.45) is 1.49. The van der Waals surface area contributed by atoms with Crippen LogP contribution in [0.1, 0.15) is 36.5 Å². The molecule has 0 radical (unpaired) electrons. The first-order chi connectivity index (χ1) is 11.5. The Hall–Kier alpha value is -1.79. The number of benzene rings is 1. The van der Waals surface area contributed by atoms with Gasteiger partial charge in [-0.05, 0) is 25.0 Å². The third-order valence-corrected chi connectivity index (χ3v) is 4.97. The molecule has 0 spiro atoms. The standard InChI is InChI=1S/C18H27NO5/c1-4-7-18(12-20)8-9-19(11-16(18)21)17(22)14-6-5-13(23-2)10-15(14)24-3/h5-6,10,16,20-21H,4,7-9,11-12H2,1-3H3/t16-,18+/m0/s1. The van der Waals surface area contributed by atoms with Crippen LogP contribution >= 0.6 is 0 Å². The molecule has 6 heteroatoms. The average Bonchev–Trinajstić information content (AvgIpc) is 2.62. The van der Waals surface area contributed by atoms with E-state index < -0.39 is 11.5 Å². The summed E-state index contributed by atoms with van der Waals surface area (Å²) >= 11 is 0. The predicted molar refractivity (Wildman–Crippen MR) is 90.5 cm³/mol. The number of amides is 1. The lowest BCUT2D eigenvalue weighted by atomic mass is 9.73. The van der Waals surface area contributed by atoms with Crippen molar-refractivity contribution in [2.24, 2.45) is 5.41 Å². The van der Waals surface area contributed by atoms with E-state index in [0.29, 0.717) is 30.0 Å². The van der Waals surface area contributed by atoms with Crippen molar-refractivity contribution < 1.29 is 24.5 Å². The number of hydrogen-bond acceptors (Lipinski definition) is 5. The number of β-amino-alcohol motifs (C(OH)–C–C–N with tert-alkyl or cyclic N) is 1. The molecule has 1 aliphatic heterocycles. The van der Waals surface area contributed by atoms with E-state index in [9.17, 15) is 15.0 Å². The number of hydrogen-bond donors (Lipinski definition) is 2. The number of likely N-dealkylation sites (tertiary alicyclic amines) is 1. The lowest BCUT2D eigenvalue weighted by Crippen LogP contribution is -2.54. The molecule has 0 saturated carbocycles. The second kappa shape index (κ2) is 7.85. The Labute approximate surface area is 143 Å². The normalized spacial score (nSPS) is 23.9. The van der Waals surface area contributed by atoms with Gasteiger partial charge in [0.05, 0.1) is 32.5 Å². The van der Waals surface area contributed by atoms with Gasteiger partial charge in [0, 0.05) is 24.6 Å². The van der Waals surface area contributed by atoms with Gasteiger partial charge in [0.2, 0.25) is 0 Å². The van der Waals surface area contributed by atoms with E-state index in [0.717, 1.165) is 12.8 Å². The Balaban J connectivity index is 2.18. The van der Waals surface area contributed by atoms with Gasteiger partial charge in [-0.3, -0.25) is 4.79 Å². The van der Waals surface area contributed by atoms with E-state index in [1.54, 1.807) is 30.2 Å². The molecule has 24 heavy (non-hydrogen) atoms. The third kappa shape index (κ3) is 3.49. The molecule has 1 aromatic rings. The highest BCUT2D eigenvalue weighted by Gasteiger charge is 2.42. The van der Waals surface area contributed by atoms with Gasteiger partial charge in [-0.25, -0.2) is 0 Å². The van der Waals surface area contributed by atoms with Gasteiger partial charge in [0.25, 0.3) is 5.91 Å². The van der Waals surface area contributed by atoms with Crippen molar-refractivity contribution in [3.63, 3.8) is 0 Å². The highest BCUT2D eigenvalue weighted by Crippen LogP contribution is 2.37. The topological polar surface area (TPSA) is 79.2 Å². The second-order valence-corrected chi connectivity index (χ2v) is 6.35. The van der Waals surface area contributed by atoms with Gasteiger partial charge in [0.15, 0.2) is 0 Å². The number of carbonyl (C=O) groups is 1. The summed E-state index contributed by atoms with van der Waals surface area (Å²) in [5.74, 6) is 0.877. The van der Waals surface area contributed by atoms with Crippen LogP contribution in [0.3, 0.4) is 0 Å². The molecule has 0 aromatic heterocycles. The number of nitrogens with zero attached hydrogens (tertiary/aromatic N) is 1. The quantitative estimate of drug-likeness (QED) is 0.826. The van der Waals surface area contributed by atoms with Crippen molar-refractivity contribution in [2.75, 3.05) is 33.9 Å². The van der Waals surface area contributed by atoms with Crippen LogP contribution in [-0.4, -0.2) is 61.0 Å². The summed E-state index contributed by atoms with van der Waals surface area (Å²) in [4.78, 5) is 14.4. The predicted octanol–water partition coefficient (Wildman–Crippen LogP) is 1.69. The zero-order chi connectivity index (χ0) is 17.7. The minimum absolute atomic E-state index is 0.0596. The Morgan fingerprint density at radius 3 is 2.67 bits per heavy atom. The van der Waals surface area contributed by atoms with Crippen LogP contribution in [0.5, 0.6) is 11.5 Å². The van der Waals surface area contributed by atoms with Crippen molar-refractivity contribution in [1.82, 2.24) is 4.90 Å². The van der Waals surface area contributed by atoms with Gasteiger partial charge >= 0.3 is 0 Å². The Morgan fingerprint density at radius 2 is 2.12 bits per heavy atom. The number of piperidine rings is 1. The molecular formula is C18H27NO5. The molecule has 134 valence electrons. The Kier molecular flexibility index (Phi) is 6.07. The van der Waals surface area contributed by atoms with Crippen LogP contribution in [0.4, 0.5) is 0 Å². The van der Waals surface area contributed by atoms with Crippen molar-refractivity contribution in [1.29, 1.82) is 0 Å². The molecule has 2 N–H and O–H groups in total. The van der Waals surface area contributed by atoms with Crippen LogP contribution in [0.15, 0.2) is 18.2 Å². The first-order valence-corrected chi connectivity index (χ1v) is 8.31. The van der Waals surface area contributed by atoms with Crippen molar-refractivity contribution in [3.05, 3.63) is 23.8 Å². The summed E-state index contributed by atoms with van der Waals surface area (Å²) in [7, 11) is 3.06. The van der Waals surface area contributed by atoms with E-state index in [4.69, 9.17) is 9.47 Å². The molecule has 2 atom stereocenters. The first-order valence-electron chi connectivity index (χ1n) is 8.31. The molecule has 0 unspecified atom stereocenters. The van der Waals surface area contributed by atoms with Gasteiger partial charge in [-0.15, -0.1) is 0 Å². The third-order valence-electron chi connectivity index (χ3n) is 4.97. The van der Waals surface area contributed by atoms with Crippen LogP contribution in [0, 0.1) is 5.41 Å². The number of methoxy groups -OCH3 is 2. The van der Waals surface area contributed by atoms with Crippen molar-refractivity contribution in [3.8, 4) is 11.5 Å².